The number of hydrogen-bond donors (Lipinski definition) is 2. The fourth-order valence-corrected chi connectivity index (χ4v) is 2.90. The number of carbonyl (C=O) groups is 1. The van der Waals surface area contributed by atoms with Gasteiger partial charge in [-0.25, -0.2) is 9.97 Å². The van der Waals surface area contributed by atoms with Gasteiger partial charge < -0.3 is 5.11 Å². The minimum atomic E-state index is -0.250. The lowest BCUT2D eigenvalue weighted by Gasteiger charge is -2.07. The molecule has 0 saturated heterocycles. The monoisotopic (exact) mass is 364 g/mol. The maximum Gasteiger partial charge on any atom is 0.290 e. The van der Waals surface area contributed by atoms with E-state index in [1.165, 1.54) is 11.1 Å². The summed E-state index contributed by atoms with van der Waals surface area (Å²) in [5.74, 6) is 1.65. The Kier molecular flexibility index (Phi) is 5.25. The van der Waals surface area contributed by atoms with Crippen LogP contribution in [0.4, 0.5) is 0 Å². The van der Waals surface area contributed by atoms with E-state index in [1.807, 2.05) is 26.4 Å². The summed E-state index contributed by atoms with van der Waals surface area (Å²) in [5.41, 5.74) is 5.35. The number of aromatic amines is 1. The Bertz CT molecular complexity index is 1080. The number of carboxylic acid groups (broad SMARTS) is 1. The number of hydrogen-bond acceptors (Lipinski definition) is 5. The van der Waals surface area contributed by atoms with Crippen molar-refractivity contribution in [3.63, 3.8) is 0 Å². The molecular weight excluding hydrogens is 344 g/mol. The van der Waals surface area contributed by atoms with Crippen LogP contribution in [0.15, 0.2) is 36.7 Å². The summed E-state index contributed by atoms with van der Waals surface area (Å²) in [4.78, 5) is 17.5. The van der Waals surface area contributed by atoms with Gasteiger partial charge in [-0.2, -0.15) is 10.2 Å². The Morgan fingerprint density at radius 1 is 1.22 bits per heavy atom. The number of nitrogens with zero attached hydrogens (tertiary/aromatic N) is 5. The largest absolute Gasteiger partial charge is 0.483 e. The number of nitrogens with one attached hydrogen (secondary N) is 1. The van der Waals surface area contributed by atoms with Crippen LogP contribution in [-0.2, 0) is 18.3 Å². The number of aromatic nitrogens is 6. The molecule has 1 aromatic carbocycles. The molecule has 4 aromatic rings. The fraction of sp³-hybridized carbons (Fsp3) is 0.211. The first-order valence-electron chi connectivity index (χ1n) is 8.35. The van der Waals surface area contributed by atoms with Crippen molar-refractivity contribution in [3.8, 4) is 11.3 Å². The normalized spacial score (nSPS) is 10.5. The predicted molar refractivity (Wildman–Crippen MR) is 101 cm³/mol. The number of rotatable bonds is 3. The Morgan fingerprint density at radius 2 is 2.00 bits per heavy atom. The van der Waals surface area contributed by atoms with E-state index in [9.17, 15) is 0 Å². The smallest absolute Gasteiger partial charge is 0.290 e. The lowest BCUT2D eigenvalue weighted by molar-refractivity contribution is -0.122. The van der Waals surface area contributed by atoms with Crippen LogP contribution in [0.1, 0.15) is 22.8 Å². The third kappa shape index (κ3) is 4.17. The van der Waals surface area contributed by atoms with E-state index in [0.717, 1.165) is 33.8 Å². The maximum absolute atomic E-state index is 8.36. The van der Waals surface area contributed by atoms with Crippen LogP contribution in [0.2, 0.25) is 0 Å². The van der Waals surface area contributed by atoms with Gasteiger partial charge in [0.05, 0.1) is 17.4 Å². The van der Waals surface area contributed by atoms with Gasteiger partial charge >= 0.3 is 0 Å². The molecule has 8 nitrogen and oxygen atoms in total. The average Bonchev–Trinajstić information content (AvgIpc) is 3.24. The summed E-state index contributed by atoms with van der Waals surface area (Å²) >= 11 is 0. The minimum absolute atomic E-state index is 0.250. The maximum atomic E-state index is 8.36. The van der Waals surface area contributed by atoms with Crippen LogP contribution in [0, 0.1) is 13.8 Å². The Hall–Kier alpha value is -3.55. The van der Waals surface area contributed by atoms with Gasteiger partial charge in [0.1, 0.15) is 5.82 Å². The van der Waals surface area contributed by atoms with Crippen molar-refractivity contribution in [1.82, 2.24) is 29.9 Å². The van der Waals surface area contributed by atoms with E-state index < -0.39 is 0 Å². The van der Waals surface area contributed by atoms with E-state index >= 15 is 0 Å². The molecule has 0 radical (unpaired) electrons. The zero-order valence-corrected chi connectivity index (χ0v) is 15.3. The Balaban J connectivity index is 0.000000659. The van der Waals surface area contributed by atoms with Gasteiger partial charge in [0.2, 0.25) is 0 Å². The second kappa shape index (κ2) is 7.77. The highest BCUT2D eigenvalue weighted by atomic mass is 16.3. The van der Waals surface area contributed by atoms with Crippen molar-refractivity contribution in [1.29, 1.82) is 0 Å². The number of H-pyrrole nitrogens is 1. The highest BCUT2D eigenvalue weighted by Crippen LogP contribution is 2.25. The van der Waals surface area contributed by atoms with Crippen LogP contribution in [-0.4, -0.2) is 41.5 Å². The van der Waals surface area contributed by atoms with Crippen molar-refractivity contribution in [2.75, 3.05) is 0 Å². The molecule has 0 spiro atoms. The SMILES string of the molecule is Cc1nc(Cc2ccc3nc(-c4cnn(C)c4)cc(C)c3c2)n[nH]1.O=CO. The standard InChI is InChI=1S/C18H18N6.CH2O2/c1-11-6-17(14-9-19-24(3)10-14)21-16-5-4-13(7-15(11)16)8-18-20-12(2)22-23-18;2-1-3/h4-7,9-10H,8H2,1-3H3,(H,20,22,23);1H,(H,2,3). The van der Waals surface area contributed by atoms with Crippen LogP contribution in [0.25, 0.3) is 22.2 Å². The van der Waals surface area contributed by atoms with Crippen molar-refractivity contribution >= 4 is 17.4 Å². The molecule has 0 aliphatic carbocycles. The van der Waals surface area contributed by atoms with Gasteiger partial charge in [-0.3, -0.25) is 14.6 Å². The minimum Gasteiger partial charge on any atom is -0.483 e. The molecule has 138 valence electrons. The molecule has 0 unspecified atom stereocenters. The zero-order chi connectivity index (χ0) is 19.4. The molecule has 0 bridgehead atoms. The van der Waals surface area contributed by atoms with Crippen LogP contribution < -0.4 is 0 Å². The molecule has 0 amide bonds. The van der Waals surface area contributed by atoms with Gasteiger partial charge in [-0.15, -0.1) is 0 Å². The summed E-state index contributed by atoms with van der Waals surface area (Å²) in [5, 5.41) is 19.4. The van der Waals surface area contributed by atoms with E-state index in [-0.39, 0.29) is 6.47 Å². The van der Waals surface area contributed by atoms with Gasteiger partial charge in [0.25, 0.3) is 6.47 Å². The van der Waals surface area contributed by atoms with E-state index in [2.05, 4.69) is 51.5 Å². The second-order valence-electron chi connectivity index (χ2n) is 6.20. The highest BCUT2D eigenvalue weighted by molar-refractivity contribution is 5.85. The molecule has 4 rings (SSSR count). The third-order valence-corrected chi connectivity index (χ3v) is 4.09. The van der Waals surface area contributed by atoms with Crippen LogP contribution >= 0.6 is 0 Å². The Labute approximate surface area is 155 Å². The van der Waals surface area contributed by atoms with Gasteiger partial charge in [0.15, 0.2) is 5.82 Å². The van der Waals surface area contributed by atoms with E-state index in [0.29, 0.717) is 6.42 Å². The summed E-state index contributed by atoms with van der Waals surface area (Å²) in [6.45, 7) is 3.77. The third-order valence-electron chi connectivity index (χ3n) is 4.09. The summed E-state index contributed by atoms with van der Waals surface area (Å²) in [6.07, 6.45) is 4.53. The first kappa shape index (κ1) is 18.2. The van der Waals surface area contributed by atoms with Crippen LogP contribution in [0.3, 0.4) is 0 Å². The van der Waals surface area contributed by atoms with Crippen molar-refractivity contribution < 1.29 is 9.90 Å². The lowest BCUT2D eigenvalue weighted by atomic mass is 10.0. The Morgan fingerprint density at radius 3 is 2.63 bits per heavy atom. The number of fused-ring (bicyclic) bond motifs is 1. The molecule has 0 fully saturated rings. The quantitative estimate of drug-likeness (QED) is 0.541. The summed E-state index contributed by atoms with van der Waals surface area (Å²) in [6, 6.07) is 8.45. The zero-order valence-electron chi connectivity index (χ0n) is 15.3. The van der Waals surface area contributed by atoms with Crippen molar-refractivity contribution in [2.45, 2.75) is 20.3 Å². The summed E-state index contributed by atoms with van der Waals surface area (Å²) < 4.78 is 1.79. The molecule has 3 aromatic heterocycles. The van der Waals surface area contributed by atoms with Crippen molar-refractivity contribution in [3.05, 3.63) is 59.4 Å². The first-order valence-corrected chi connectivity index (χ1v) is 8.35. The van der Waals surface area contributed by atoms with Gasteiger partial charge in [-0.05, 0) is 43.2 Å². The van der Waals surface area contributed by atoms with Gasteiger partial charge in [-0.1, -0.05) is 6.07 Å². The first-order chi connectivity index (χ1) is 13.0. The number of benzene rings is 1. The fourth-order valence-electron chi connectivity index (χ4n) is 2.90. The molecule has 0 saturated carbocycles. The van der Waals surface area contributed by atoms with Gasteiger partial charge in [0, 0.05) is 30.6 Å². The summed E-state index contributed by atoms with van der Waals surface area (Å²) in [7, 11) is 1.91. The van der Waals surface area contributed by atoms with Crippen molar-refractivity contribution in [2.24, 2.45) is 7.05 Å². The second-order valence-corrected chi connectivity index (χ2v) is 6.20. The van der Waals surface area contributed by atoms with E-state index in [1.54, 1.807) is 4.68 Å². The number of pyridine rings is 1. The molecule has 0 atom stereocenters. The molecule has 0 aliphatic rings. The highest BCUT2D eigenvalue weighted by Gasteiger charge is 2.09. The molecule has 27 heavy (non-hydrogen) atoms. The molecular formula is C19H20N6O2. The molecule has 8 heteroatoms. The van der Waals surface area contributed by atoms with E-state index in [4.69, 9.17) is 14.9 Å². The molecule has 2 N–H and O–H groups in total. The molecule has 0 aliphatic heterocycles. The van der Waals surface area contributed by atoms with Crippen LogP contribution in [0.5, 0.6) is 0 Å². The topological polar surface area (TPSA) is 110 Å². The average molecular weight is 364 g/mol. The lowest BCUT2D eigenvalue weighted by Crippen LogP contribution is -1.94. The molecule has 3 heterocycles. The predicted octanol–water partition coefficient (Wildman–Crippen LogP) is 2.66. The number of aryl methyl sites for hydroxylation is 3.